The number of aromatic hydroxyl groups is 1. The number of rotatable bonds is 16. The number of amides is 4. The molecule has 2 rings (SSSR count). The summed E-state index contributed by atoms with van der Waals surface area (Å²) in [5, 5.41) is 26.7. The maximum Gasteiger partial charge on any atom is 0.326 e. The van der Waals surface area contributed by atoms with E-state index < -0.39 is 53.8 Å². The van der Waals surface area contributed by atoms with Gasteiger partial charge in [-0.05, 0) is 48.4 Å². The van der Waals surface area contributed by atoms with Crippen molar-refractivity contribution in [1.29, 1.82) is 0 Å². The largest absolute Gasteiger partial charge is 0.508 e. The lowest BCUT2D eigenvalue weighted by Gasteiger charge is -2.26. The highest BCUT2D eigenvalue weighted by Gasteiger charge is 2.31. The number of nitrogens with one attached hydrogen (secondary N) is 3. The number of aliphatic carboxylic acids is 1. The van der Waals surface area contributed by atoms with E-state index in [0.717, 1.165) is 5.56 Å². The van der Waals surface area contributed by atoms with Crippen molar-refractivity contribution >= 4 is 29.6 Å². The SMILES string of the molecule is CC(C)CC(NC(=O)C(Cc1ccccc1)NC(=O)C(N)Cc1ccc(O)cc1)C(=O)NC(CCC(N)=O)C(=O)O. The number of carboxylic acid groups (broad SMARTS) is 1. The normalized spacial score (nSPS) is 13.9. The maximum atomic E-state index is 13.5. The van der Waals surface area contributed by atoms with Gasteiger partial charge in [-0.1, -0.05) is 56.3 Å². The van der Waals surface area contributed by atoms with E-state index in [0.29, 0.717) is 5.56 Å². The third kappa shape index (κ3) is 11.7. The van der Waals surface area contributed by atoms with Gasteiger partial charge in [0, 0.05) is 12.8 Å². The Balaban J connectivity index is 2.20. The van der Waals surface area contributed by atoms with E-state index in [1.807, 2.05) is 19.9 Å². The van der Waals surface area contributed by atoms with Crippen LogP contribution in [0.3, 0.4) is 0 Å². The lowest BCUT2D eigenvalue weighted by atomic mass is 10.00. The minimum absolute atomic E-state index is 0.0548. The standard InChI is InChI=1S/C29H39N5O7/c1-17(2)14-23(27(38)32-22(29(40)41)12-13-25(31)36)34-28(39)24(16-18-6-4-3-5-7-18)33-26(37)21(30)15-19-8-10-20(35)11-9-19/h3-11,17,21-24,35H,12-16,30H2,1-2H3,(H2,31,36)(H,32,38)(H,33,37)(H,34,39)(H,40,41). The Hall–Kier alpha value is -4.45. The van der Waals surface area contributed by atoms with Gasteiger partial charge >= 0.3 is 5.97 Å². The Kier molecular flexibility index (Phi) is 12.8. The highest BCUT2D eigenvalue weighted by Crippen LogP contribution is 2.12. The van der Waals surface area contributed by atoms with Gasteiger partial charge in [0.1, 0.15) is 23.9 Å². The number of hydrogen-bond donors (Lipinski definition) is 7. The summed E-state index contributed by atoms with van der Waals surface area (Å²) in [6.45, 7) is 3.67. The molecule has 0 spiro atoms. The molecule has 0 radical (unpaired) electrons. The Bertz CT molecular complexity index is 1190. The molecular formula is C29H39N5O7. The average molecular weight is 570 g/mol. The molecule has 12 nitrogen and oxygen atoms in total. The van der Waals surface area contributed by atoms with Crippen LogP contribution in [0.15, 0.2) is 54.6 Å². The van der Waals surface area contributed by atoms with Gasteiger partial charge in [-0.3, -0.25) is 19.2 Å². The molecule has 0 aliphatic carbocycles. The van der Waals surface area contributed by atoms with E-state index in [-0.39, 0.29) is 43.8 Å². The number of nitrogens with two attached hydrogens (primary N) is 2. The summed E-state index contributed by atoms with van der Waals surface area (Å²) in [7, 11) is 0. The molecule has 12 heteroatoms. The summed E-state index contributed by atoms with van der Waals surface area (Å²) in [4.78, 5) is 62.3. The average Bonchev–Trinajstić information content (AvgIpc) is 2.91. The Labute approximate surface area is 238 Å². The Morgan fingerprint density at radius 1 is 0.756 bits per heavy atom. The summed E-state index contributed by atoms with van der Waals surface area (Å²) >= 11 is 0. The third-order valence-electron chi connectivity index (χ3n) is 6.28. The van der Waals surface area contributed by atoms with Crippen molar-refractivity contribution in [3.8, 4) is 5.75 Å². The molecule has 0 aromatic heterocycles. The Morgan fingerprint density at radius 3 is 1.85 bits per heavy atom. The molecule has 222 valence electrons. The minimum Gasteiger partial charge on any atom is -0.508 e. The molecule has 0 bridgehead atoms. The van der Waals surface area contributed by atoms with Crippen LogP contribution in [0.4, 0.5) is 0 Å². The van der Waals surface area contributed by atoms with Crippen LogP contribution in [-0.4, -0.2) is 64.0 Å². The zero-order valence-corrected chi connectivity index (χ0v) is 23.2. The zero-order valence-electron chi connectivity index (χ0n) is 23.2. The second kappa shape index (κ2) is 16.0. The summed E-state index contributed by atoms with van der Waals surface area (Å²) in [6, 6.07) is 10.6. The molecule has 9 N–H and O–H groups in total. The van der Waals surface area contributed by atoms with E-state index in [2.05, 4.69) is 16.0 Å². The van der Waals surface area contributed by atoms with E-state index >= 15 is 0 Å². The predicted molar refractivity (Wildman–Crippen MR) is 151 cm³/mol. The van der Waals surface area contributed by atoms with Crippen LogP contribution in [0.1, 0.15) is 44.2 Å². The maximum absolute atomic E-state index is 13.5. The monoisotopic (exact) mass is 569 g/mol. The molecular weight excluding hydrogens is 530 g/mol. The fraction of sp³-hybridized carbons (Fsp3) is 0.414. The number of phenolic OH excluding ortho intramolecular Hbond substituents is 1. The molecule has 4 amide bonds. The number of hydrogen-bond acceptors (Lipinski definition) is 7. The molecule has 0 saturated heterocycles. The van der Waals surface area contributed by atoms with Crippen molar-refractivity contribution in [3.63, 3.8) is 0 Å². The second-order valence-corrected chi connectivity index (χ2v) is 10.3. The molecule has 0 saturated carbocycles. The van der Waals surface area contributed by atoms with Crippen LogP contribution in [0, 0.1) is 5.92 Å². The van der Waals surface area contributed by atoms with Gasteiger partial charge in [0.15, 0.2) is 0 Å². The van der Waals surface area contributed by atoms with Crippen molar-refractivity contribution < 1.29 is 34.2 Å². The molecule has 2 aromatic rings. The van der Waals surface area contributed by atoms with Gasteiger partial charge in [0.05, 0.1) is 6.04 Å². The van der Waals surface area contributed by atoms with Crippen molar-refractivity contribution in [2.24, 2.45) is 17.4 Å². The molecule has 0 heterocycles. The minimum atomic E-state index is -1.38. The fourth-order valence-electron chi connectivity index (χ4n) is 4.11. The van der Waals surface area contributed by atoms with Crippen LogP contribution in [0.25, 0.3) is 0 Å². The van der Waals surface area contributed by atoms with Gasteiger partial charge in [-0.25, -0.2) is 4.79 Å². The summed E-state index contributed by atoms with van der Waals surface area (Å²) < 4.78 is 0. The first kappa shape index (κ1) is 32.8. The van der Waals surface area contributed by atoms with Gasteiger partial charge < -0.3 is 37.6 Å². The number of phenols is 1. The number of carbonyl (C=O) groups is 5. The van der Waals surface area contributed by atoms with Crippen LogP contribution >= 0.6 is 0 Å². The fourth-order valence-corrected chi connectivity index (χ4v) is 4.11. The molecule has 0 aliphatic heterocycles. The smallest absolute Gasteiger partial charge is 0.326 e. The number of carboxylic acids is 1. The van der Waals surface area contributed by atoms with Crippen molar-refractivity contribution in [2.75, 3.05) is 0 Å². The third-order valence-corrected chi connectivity index (χ3v) is 6.28. The summed E-state index contributed by atoms with van der Waals surface area (Å²) in [5.41, 5.74) is 12.7. The summed E-state index contributed by atoms with van der Waals surface area (Å²) in [5.74, 6) is -4.00. The Morgan fingerprint density at radius 2 is 1.29 bits per heavy atom. The lowest BCUT2D eigenvalue weighted by molar-refractivity contribution is -0.142. The van der Waals surface area contributed by atoms with Crippen LogP contribution < -0.4 is 27.4 Å². The number of benzene rings is 2. The van der Waals surface area contributed by atoms with Crippen LogP contribution in [0.2, 0.25) is 0 Å². The predicted octanol–water partition coefficient (Wildman–Crippen LogP) is 0.355. The molecule has 4 unspecified atom stereocenters. The van der Waals surface area contributed by atoms with E-state index in [1.54, 1.807) is 36.4 Å². The van der Waals surface area contributed by atoms with Crippen LogP contribution in [0.5, 0.6) is 5.75 Å². The van der Waals surface area contributed by atoms with E-state index in [9.17, 15) is 34.2 Å². The van der Waals surface area contributed by atoms with Crippen molar-refractivity contribution in [1.82, 2.24) is 16.0 Å². The highest BCUT2D eigenvalue weighted by molar-refractivity contribution is 5.94. The first-order chi connectivity index (χ1) is 19.3. The summed E-state index contributed by atoms with van der Waals surface area (Å²) in [6.07, 6.45) is 0.00721. The first-order valence-corrected chi connectivity index (χ1v) is 13.3. The van der Waals surface area contributed by atoms with Gasteiger partial charge in [0.25, 0.3) is 0 Å². The molecule has 2 aromatic carbocycles. The van der Waals surface area contributed by atoms with Gasteiger partial charge in [-0.2, -0.15) is 0 Å². The second-order valence-electron chi connectivity index (χ2n) is 10.3. The molecule has 4 atom stereocenters. The van der Waals surface area contributed by atoms with E-state index in [1.165, 1.54) is 12.1 Å². The van der Waals surface area contributed by atoms with Crippen molar-refractivity contribution in [3.05, 3.63) is 65.7 Å². The van der Waals surface area contributed by atoms with E-state index in [4.69, 9.17) is 11.5 Å². The molecule has 41 heavy (non-hydrogen) atoms. The van der Waals surface area contributed by atoms with Crippen molar-refractivity contribution in [2.45, 2.75) is 70.1 Å². The quantitative estimate of drug-likeness (QED) is 0.149. The van der Waals surface area contributed by atoms with Gasteiger partial charge in [-0.15, -0.1) is 0 Å². The first-order valence-electron chi connectivity index (χ1n) is 13.3. The lowest BCUT2D eigenvalue weighted by Crippen LogP contribution is -2.58. The van der Waals surface area contributed by atoms with Gasteiger partial charge in [0.2, 0.25) is 23.6 Å². The van der Waals surface area contributed by atoms with Crippen LogP contribution in [-0.2, 0) is 36.8 Å². The number of carbonyl (C=O) groups excluding carboxylic acids is 4. The molecule has 0 aliphatic rings. The molecule has 0 fully saturated rings. The highest BCUT2D eigenvalue weighted by atomic mass is 16.4. The zero-order chi connectivity index (χ0) is 30.5. The number of primary amides is 1. The topological polar surface area (TPSA) is 214 Å².